The highest BCUT2D eigenvalue weighted by Crippen LogP contribution is 2.34. The molecule has 0 radical (unpaired) electrons. The number of nitrogens with one attached hydrogen (secondary N) is 1. The van der Waals surface area contributed by atoms with Crippen LogP contribution in [-0.2, 0) is 26.9 Å². The van der Waals surface area contributed by atoms with Gasteiger partial charge in [0.1, 0.15) is 5.75 Å². The minimum Gasteiger partial charge on any atom is -0.493 e. The Morgan fingerprint density at radius 1 is 1.43 bits per heavy atom. The molecule has 0 spiro atoms. The fraction of sp³-hybridized carbons (Fsp3) is 0.625. The molecule has 0 bridgehead atoms. The highest BCUT2D eigenvalue weighted by molar-refractivity contribution is 7.83. The number of rotatable bonds is 8. The molecule has 23 heavy (non-hydrogen) atoms. The summed E-state index contributed by atoms with van der Waals surface area (Å²) in [6.45, 7) is 7.24. The first kappa shape index (κ1) is 18.2. The molecular weight excluding hydrogens is 318 g/mol. The van der Waals surface area contributed by atoms with Gasteiger partial charge in [0.2, 0.25) is 0 Å². The summed E-state index contributed by atoms with van der Waals surface area (Å²) in [6.07, 6.45) is 1.31. The Labute approximate surface area is 138 Å². The lowest BCUT2D eigenvalue weighted by atomic mass is 9.78. The smallest absolute Gasteiger partial charge is 0.333 e. The van der Waals surface area contributed by atoms with Crippen molar-refractivity contribution >= 4 is 10.3 Å². The summed E-state index contributed by atoms with van der Waals surface area (Å²) < 4.78 is 44.5. The van der Waals surface area contributed by atoms with Crippen molar-refractivity contribution in [2.24, 2.45) is 0 Å². The van der Waals surface area contributed by atoms with Gasteiger partial charge < -0.3 is 9.47 Å². The van der Waals surface area contributed by atoms with Gasteiger partial charge in [0.25, 0.3) is 0 Å². The summed E-state index contributed by atoms with van der Waals surface area (Å²) in [5.41, 5.74) is 1.79. The number of hydrogen-bond acceptors (Lipinski definition) is 4. The molecule has 1 heterocycles. The Balaban J connectivity index is 2.23. The van der Waals surface area contributed by atoms with E-state index in [4.69, 9.17) is 14.0 Å². The van der Waals surface area contributed by atoms with Crippen molar-refractivity contribution in [2.45, 2.75) is 45.1 Å². The van der Waals surface area contributed by atoms with Crippen molar-refractivity contribution < 1.29 is 22.4 Å². The highest BCUT2D eigenvalue weighted by atomic mass is 32.2. The molecule has 2 N–H and O–H groups in total. The van der Waals surface area contributed by atoms with E-state index in [-0.39, 0.29) is 6.54 Å². The van der Waals surface area contributed by atoms with Crippen molar-refractivity contribution in [3.8, 4) is 5.75 Å². The third-order valence-electron chi connectivity index (χ3n) is 4.21. The maximum absolute atomic E-state index is 11.0. The van der Waals surface area contributed by atoms with E-state index in [0.29, 0.717) is 13.2 Å². The minimum atomic E-state index is -4.25. The molecule has 1 unspecified atom stereocenters. The van der Waals surface area contributed by atoms with Gasteiger partial charge in [-0.05, 0) is 23.6 Å². The molecule has 1 aliphatic rings. The third kappa shape index (κ3) is 4.67. The molecule has 0 saturated heterocycles. The lowest BCUT2D eigenvalue weighted by Crippen LogP contribution is -2.45. The number of ether oxygens (including phenoxy) is 2. The maximum atomic E-state index is 11.0. The van der Waals surface area contributed by atoms with Crippen LogP contribution in [0.1, 0.15) is 38.3 Å². The fourth-order valence-electron chi connectivity index (χ4n) is 2.74. The van der Waals surface area contributed by atoms with E-state index in [9.17, 15) is 8.42 Å². The van der Waals surface area contributed by atoms with Gasteiger partial charge in [-0.3, -0.25) is 4.55 Å². The zero-order chi connectivity index (χ0) is 17.1. The predicted octanol–water partition coefficient (Wildman–Crippen LogP) is 2.09. The van der Waals surface area contributed by atoms with Gasteiger partial charge in [-0.1, -0.05) is 32.9 Å². The molecular formula is C16H25NO5S. The SMILES string of the molecule is CCCOC(CNS(=O)(=O)O)C(C)(C)c1ccc2c(c1)CCO2. The maximum Gasteiger partial charge on any atom is 0.333 e. The predicted molar refractivity (Wildman–Crippen MR) is 88.2 cm³/mol. The standard InChI is InChI=1S/C16H25NO5S/c1-4-8-22-15(11-17-23(18,19)20)16(2,3)13-5-6-14-12(10-13)7-9-21-14/h5-6,10,15,17H,4,7-9,11H2,1-3H3,(H,18,19,20). The van der Waals surface area contributed by atoms with Crippen molar-refractivity contribution in [3.05, 3.63) is 29.3 Å². The molecule has 2 rings (SSSR count). The molecule has 1 aromatic carbocycles. The summed E-state index contributed by atoms with van der Waals surface area (Å²) in [5, 5.41) is 0. The Bertz CT molecular complexity index is 642. The molecule has 0 aromatic heterocycles. The van der Waals surface area contributed by atoms with Crippen LogP contribution < -0.4 is 9.46 Å². The van der Waals surface area contributed by atoms with Gasteiger partial charge in [-0.15, -0.1) is 0 Å². The molecule has 0 aliphatic carbocycles. The Kier molecular flexibility index (Phi) is 5.67. The third-order valence-corrected chi connectivity index (χ3v) is 4.74. The molecule has 1 aromatic rings. The van der Waals surface area contributed by atoms with E-state index >= 15 is 0 Å². The molecule has 0 saturated carbocycles. The van der Waals surface area contributed by atoms with Crippen molar-refractivity contribution in [3.63, 3.8) is 0 Å². The lowest BCUT2D eigenvalue weighted by Gasteiger charge is -2.35. The average Bonchev–Trinajstić information content (AvgIpc) is 2.93. The van der Waals surface area contributed by atoms with Crippen molar-refractivity contribution in [2.75, 3.05) is 19.8 Å². The lowest BCUT2D eigenvalue weighted by molar-refractivity contribution is 0.0107. The van der Waals surface area contributed by atoms with Crippen LogP contribution in [0.5, 0.6) is 5.75 Å². The van der Waals surface area contributed by atoms with Crippen LogP contribution in [0, 0.1) is 0 Å². The zero-order valence-corrected chi connectivity index (χ0v) is 14.6. The number of hydrogen-bond donors (Lipinski definition) is 2. The van der Waals surface area contributed by atoms with Crippen molar-refractivity contribution in [1.82, 2.24) is 4.72 Å². The normalized spacial score (nSPS) is 16.0. The van der Waals surface area contributed by atoms with E-state index in [0.717, 1.165) is 29.7 Å². The largest absolute Gasteiger partial charge is 0.493 e. The highest BCUT2D eigenvalue weighted by Gasteiger charge is 2.33. The second-order valence-electron chi connectivity index (χ2n) is 6.33. The van der Waals surface area contributed by atoms with Gasteiger partial charge in [0.15, 0.2) is 0 Å². The number of benzene rings is 1. The summed E-state index contributed by atoms with van der Waals surface area (Å²) in [6, 6.07) is 6.03. The van der Waals surface area contributed by atoms with Crippen LogP contribution in [-0.4, -0.2) is 38.8 Å². The van der Waals surface area contributed by atoms with Crippen LogP contribution in [0.15, 0.2) is 18.2 Å². The molecule has 0 amide bonds. The first-order chi connectivity index (χ1) is 10.7. The van der Waals surface area contributed by atoms with E-state index in [1.54, 1.807) is 0 Å². The first-order valence-corrected chi connectivity index (χ1v) is 9.28. The Morgan fingerprint density at radius 2 is 2.17 bits per heavy atom. The van der Waals surface area contributed by atoms with Crippen LogP contribution in [0.4, 0.5) is 0 Å². The molecule has 7 heteroatoms. The van der Waals surface area contributed by atoms with Crippen LogP contribution in [0.2, 0.25) is 0 Å². The second kappa shape index (κ2) is 7.17. The van der Waals surface area contributed by atoms with Gasteiger partial charge in [0, 0.05) is 25.0 Å². The summed E-state index contributed by atoms with van der Waals surface area (Å²) in [7, 11) is -4.25. The molecule has 6 nitrogen and oxygen atoms in total. The fourth-order valence-corrected chi connectivity index (χ4v) is 3.10. The van der Waals surface area contributed by atoms with Gasteiger partial charge >= 0.3 is 10.3 Å². The summed E-state index contributed by atoms with van der Waals surface area (Å²) in [4.78, 5) is 0. The quantitative estimate of drug-likeness (QED) is 0.706. The van der Waals surface area contributed by atoms with Gasteiger partial charge in [0.05, 0.1) is 12.7 Å². The monoisotopic (exact) mass is 343 g/mol. The average molecular weight is 343 g/mol. The summed E-state index contributed by atoms with van der Waals surface area (Å²) in [5.74, 6) is 0.909. The number of fused-ring (bicyclic) bond motifs is 1. The molecule has 130 valence electrons. The second-order valence-corrected chi connectivity index (χ2v) is 7.56. The van der Waals surface area contributed by atoms with Gasteiger partial charge in [-0.2, -0.15) is 13.1 Å². The molecule has 0 fully saturated rings. The van der Waals surface area contributed by atoms with Crippen LogP contribution in [0.3, 0.4) is 0 Å². The van der Waals surface area contributed by atoms with E-state index in [1.807, 2.05) is 32.9 Å². The van der Waals surface area contributed by atoms with Gasteiger partial charge in [-0.25, -0.2) is 0 Å². The Hall–Kier alpha value is -1.15. The zero-order valence-electron chi connectivity index (χ0n) is 13.8. The minimum absolute atomic E-state index is 0.0133. The van der Waals surface area contributed by atoms with Crippen LogP contribution in [0.25, 0.3) is 0 Å². The van der Waals surface area contributed by atoms with Crippen LogP contribution >= 0.6 is 0 Å². The topological polar surface area (TPSA) is 84.9 Å². The molecule has 1 aliphatic heterocycles. The van der Waals surface area contributed by atoms with E-state index in [2.05, 4.69) is 10.8 Å². The first-order valence-electron chi connectivity index (χ1n) is 7.84. The van der Waals surface area contributed by atoms with E-state index < -0.39 is 21.8 Å². The Morgan fingerprint density at radius 3 is 2.83 bits per heavy atom. The van der Waals surface area contributed by atoms with Crippen molar-refractivity contribution in [1.29, 1.82) is 0 Å². The summed E-state index contributed by atoms with van der Waals surface area (Å²) >= 11 is 0. The van der Waals surface area contributed by atoms with E-state index in [1.165, 1.54) is 0 Å². The molecule has 1 atom stereocenters.